The van der Waals surface area contributed by atoms with Gasteiger partial charge in [-0.2, -0.15) is 0 Å². The van der Waals surface area contributed by atoms with Crippen LogP contribution in [0.2, 0.25) is 0 Å². The molecular weight excluding hydrogens is 318 g/mol. The average molecular weight is 341 g/mol. The van der Waals surface area contributed by atoms with Crippen molar-refractivity contribution in [1.82, 2.24) is 10.3 Å². The van der Waals surface area contributed by atoms with E-state index < -0.39 is 0 Å². The summed E-state index contributed by atoms with van der Waals surface area (Å²) >= 11 is 0. The second-order valence-corrected chi connectivity index (χ2v) is 5.74. The third kappa shape index (κ3) is 5.04. The summed E-state index contributed by atoms with van der Waals surface area (Å²) in [6.45, 7) is 4.20. The molecular formula is C19H23N3O3. The quantitative estimate of drug-likeness (QED) is 0.811. The van der Waals surface area contributed by atoms with Gasteiger partial charge in [-0.3, -0.25) is 9.59 Å². The van der Waals surface area contributed by atoms with E-state index in [1.807, 2.05) is 38.1 Å². The van der Waals surface area contributed by atoms with E-state index in [2.05, 4.69) is 15.6 Å². The van der Waals surface area contributed by atoms with Gasteiger partial charge in [-0.25, -0.2) is 4.98 Å². The van der Waals surface area contributed by atoms with Gasteiger partial charge in [0.2, 0.25) is 11.8 Å². The Bertz CT molecular complexity index is 746. The van der Waals surface area contributed by atoms with E-state index in [4.69, 9.17) is 4.74 Å². The van der Waals surface area contributed by atoms with Gasteiger partial charge in [0.1, 0.15) is 5.56 Å². The molecule has 0 aliphatic rings. The molecule has 0 saturated carbocycles. The molecule has 0 aliphatic carbocycles. The van der Waals surface area contributed by atoms with E-state index in [-0.39, 0.29) is 23.6 Å². The standard InChI is InChI=1S/C19H23N3O3/c1-4-13(2)17(23)22-15-8-5-7-14(11-15)12-21-18(24)16-9-6-10-20-19(16)25-3/h5-11,13H,4,12H2,1-3H3,(H,21,24)(H,22,23). The van der Waals surface area contributed by atoms with Crippen LogP contribution in [0.1, 0.15) is 36.2 Å². The maximum atomic E-state index is 12.3. The molecule has 2 aromatic rings. The molecule has 2 amide bonds. The van der Waals surface area contributed by atoms with Crippen LogP contribution in [0.4, 0.5) is 5.69 Å². The maximum Gasteiger partial charge on any atom is 0.257 e. The lowest BCUT2D eigenvalue weighted by Gasteiger charge is -2.12. The van der Waals surface area contributed by atoms with Gasteiger partial charge >= 0.3 is 0 Å². The smallest absolute Gasteiger partial charge is 0.257 e. The Balaban J connectivity index is 2.00. The molecule has 1 heterocycles. The van der Waals surface area contributed by atoms with Crippen molar-refractivity contribution in [1.29, 1.82) is 0 Å². The lowest BCUT2D eigenvalue weighted by Crippen LogP contribution is -2.24. The van der Waals surface area contributed by atoms with Crippen LogP contribution < -0.4 is 15.4 Å². The normalized spacial score (nSPS) is 11.5. The molecule has 2 rings (SSSR count). The molecule has 0 radical (unpaired) electrons. The largest absolute Gasteiger partial charge is 0.480 e. The predicted molar refractivity (Wildman–Crippen MR) is 96.5 cm³/mol. The molecule has 0 saturated heterocycles. The highest BCUT2D eigenvalue weighted by molar-refractivity contribution is 5.96. The highest BCUT2D eigenvalue weighted by Gasteiger charge is 2.13. The van der Waals surface area contributed by atoms with Crippen molar-refractivity contribution >= 4 is 17.5 Å². The molecule has 1 aromatic heterocycles. The Morgan fingerprint density at radius 3 is 2.76 bits per heavy atom. The first-order valence-electron chi connectivity index (χ1n) is 8.22. The number of amides is 2. The van der Waals surface area contributed by atoms with E-state index in [0.29, 0.717) is 12.1 Å². The zero-order valence-electron chi connectivity index (χ0n) is 14.7. The van der Waals surface area contributed by atoms with E-state index in [0.717, 1.165) is 17.7 Å². The molecule has 1 unspecified atom stereocenters. The number of nitrogens with zero attached hydrogens (tertiary/aromatic N) is 1. The number of benzene rings is 1. The first kappa shape index (κ1) is 18.4. The number of aromatic nitrogens is 1. The molecule has 25 heavy (non-hydrogen) atoms. The van der Waals surface area contributed by atoms with Crippen LogP contribution in [0, 0.1) is 5.92 Å². The Kier molecular flexibility index (Phi) is 6.51. The number of hydrogen-bond donors (Lipinski definition) is 2. The van der Waals surface area contributed by atoms with Gasteiger partial charge < -0.3 is 15.4 Å². The number of carbonyl (C=O) groups is 2. The van der Waals surface area contributed by atoms with E-state index in [1.54, 1.807) is 18.3 Å². The van der Waals surface area contributed by atoms with Gasteiger partial charge in [0.25, 0.3) is 5.91 Å². The highest BCUT2D eigenvalue weighted by Crippen LogP contribution is 2.15. The molecule has 0 aliphatic heterocycles. The third-order valence-corrected chi connectivity index (χ3v) is 3.92. The van der Waals surface area contributed by atoms with Gasteiger partial charge in [-0.05, 0) is 36.2 Å². The van der Waals surface area contributed by atoms with E-state index in [9.17, 15) is 9.59 Å². The Labute approximate surface area is 147 Å². The van der Waals surface area contributed by atoms with E-state index >= 15 is 0 Å². The number of carbonyl (C=O) groups excluding carboxylic acids is 2. The van der Waals surface area contributed by atoms with Crippen molar-refractivity contribution in [3.05, 3.63) is 53.7 Å². The summed E-state index contributed by atoms with van der Waals surface area (Å²) in [5, 5.41) is 5.72. The van der Waals surface area contributed by atoms with Crippen molar-refractivity contribution in [3.63, 3.8) is 0 Å². The summed E-state index contributed by atoms with van der Waals surface area (Å²) in [7, 11) is 1.47. The Morgan fingerprint density at radius 2 is 2.04 bits per heavy atom. The molecule has 2 N–H and O–H groups in total. The molecule has 0 fully saturated rings. The average Bonchev–Trinajstić information content (AvgIpc) is 2.65. The van der Waals surface area contributed by atoms with Crippen LogP contribution in [-0.2, 0) is 11.3 Å². The molecule has 0 bridgehead atoms. The summed E-state index contributed by atoms with van der Waals surface area (Å²) in [5.74, 6) is -0.0289. The fourth-order valence-corrected chi connectivity index (χ4v) is 2.21. The fourth-order valence-electron chi connectivity index (χ4n) is 2.21. The number of rotatable bonds is 7. The van der Waals surface area contributed by atoms with Crippen molar-refractivity contribution in [2.75, 3.05) is 12.4 Å². The fraction of sp³-hybridized carbons (Fsp3) is 0.316. The third-order valence-electron chi connectivity index (χ3n) is 3.92. The number of nitrogens with one attached hydrogen (secondary N) is 2. The Hall–Kier alpha value is -2.89. The molecule has 6 heteroatoms. The van der Waals surface area contributed by atoms with Crippen LogP contribution in [0.25, 0.3) is 0 Å². The number of pyridine rings is 1. The minimum Gasteiger partial charge on any atom is -0.480 e. The van der Waals surface area contributed by atoms with Crippen molar-refractivity contribution in [2.24, 2.45) is 5.92 Å². The number of ether oxygens (including phenoxy) is 1. The van der Waals surface area contributed by atoms with Crippen molar-refractivity contribution in [2.45, 2.75) is 26.8 Å². The summed E-state index contributed by atoms with van der Waals surface area (Å²) in [6, 6.07) is 10.8. The summed E-state index contributed by atoms with van der Waals surface area (Å²) in [6.07, 6.45) is 2.35. The molecule has 1 aromatic carbocycles. The zero-order valence-corrected chi connectivity index (χ0v) is 14.7. The van der Waals surface area contributed by atoms with E-state index in [1.165, 1.54) is 7.11 Å². The van der Waals surface area contributed by atoms with Gasteiger partial charge in [-0.15, -0.1) is 0 Å². The van der Waals surface area contributed by atoms with Crippen LogP contribution in [0.3, 0.4) is 0 Å². The lowest BCUT2D eigenvalue weighted by molar-refractivity contribution is -0.119. The minimum atomic E-state index is -0.265. The van der Waals surface area contributed by atoms with Crippen LogP contribution in [-0.4, -0.2) is 23.9 Å². The lowest BCUT2D eigenvalue weighted by atomic mass is 10.1. The first-order chi connectivity index (χ1) is 12.0. The molecule has 1 atom stereocenters. The molecule has 0 spiro atoms. The summed E-state index contributed by atoms with van der Waals surface area (Å²) in [4.78, 5) is 28.3. The SMILES string of the molecule is CCC(C)C(=O)Nc1cccc(CNC(=O)c2cccnc2OC)c1. The van der Waals surface area contributed by atoms with Crippen molar-refractivity contribution < 1.29 is 14.3 Å². The van der Waals surface area contributed by atoms with Crippen LogP contribution in [0.5, 0.6) is 5.88 Å². The second kappa shape index (κ2) is 8.82. The van der Waals surface area contributed by atoms with Crippen LogP contribution >= 0.6 is 0 Å². The van der Waals surface area contributed by atoms with Gasteiger partial charge in [0.05, 0.1) is 7.11 Å². The second-order valence-electron chi connectivity index (χ2n) is 5.74. The number of anilines is 1. The zero-order chi connectivity index (χ0) is 18.2. The highest BCUT2D eigenvalue weighted by atomic mass is 16.5. The van der Waals surface area contributed by atoms with Gasteiger partial charge in [0.15, 0.2) is 0 Å². The first-order valence-corrected chi connectivity index (χ1v) is 8.22. The van der Waals surface area contributed by atoms with Crippen molar-refractivity contribution in [3.8, 4) is 5.88 Å². The molecule has 6 nitrogen and oxygen atoms in total. The predicted octanol–water partition coefficient (Wildman–Crippen LogP) is 3.00. The minimum absolute atomic E-state index is 0.0104. The maximum absolute atomic E-state index is 12.3. The van der Waals surface area contributed by atoms with Crippen LogP contribution in [0.15, 0.2) is 42.6 Å². The summed E-state index contributed by atoms with van der Waals surface area (Å²) < 4.78 is 5.09. The number of hydrogen-bond acceptors (Lipinski definition) is 4. The Morgan fingerprint density at radius 1 is 1.24 bits per heavy atom. The summed E-state index contributed by atoms with van der Waals surface area (Å²) in [5.41, 5.74) is 1.99. The number of methoxy groups -OCH3 is 1. The van der Waals surface area contributed by atoms with Gasteiger partial charge in [-0.1, -0.05) is 26.0 Å². The topological polar surface area (TPSA) is 80.3 Å². The van der Waals surface area contributed by atoms with Gasteiger partial charge in [0, 0.05) is 24.3 Å². The molecule has 132 valence electrons. The monoisotopic (exact) mass is 341 g/mol.